The van der Waals surface area contributed by atoms with E-state index in [2.05, 4.69) is 24.4 Å². The third kappa shape index (κ3) is 4.48. The number of rotatable bonds is 8. The Morgan fingerprint density at radius 3 is 2.67 bits per heavy atom. The second-order valence-corrected chi connectivity index (χ2v) is 5.95. The maximum atomic E-state index is 6.09. The Balaban J connectivity index is 2.20. The lowest BCUT2D eigenvalue weighted by atomic mass is 10.0. The Morgan fingerprint density at radius 2 is 2.00 bits per heavy atom. The van der Waals surface area contributed by atoms with Gasteiger partial charge in [-0.1, -0.05) is 25.1 Å². The zero-order chi connectivity index (χ0) is 15.1. The second-order valence-electron chi connectivity index (χ2n) is 4.92. The number of para-hydroxylation sites is 1. The molecule has 0 spiro atoms. The highest BCUT2D eigenvalue weighted by atomic mass is 32.1. The summed E-state index contributed by atoms with van der Waals surface area (Å²) >= 11 is 1.70. The maximum absolute atomic E-state index is 6.09. The molecule has 2 rings (SSSR count). The third-order valence-corrected chi connectivity index (χ3v) is 4.16. The fourth-order valence-electron chi connectivity index (χ4n) is 2.12. The number of thiophene rings is 1. The fraction of sp³-hybridized carbons (Fsp3) is 0.412. The molecule has 3 nitrogen and oxygen atoms in total. The smallest absolute Gasteiger partial charge is 0.164 e. The zero-order valence-electron chi connectivity index (χ0n) is 12.7. The lowest BCUT2D eigenvalue weighted by molar-refractivity contribution is 0.268. The molecule has 1 atom stereocenters. The van der Waals surface area contributed by atoms with Gasteiger partial charge in [-0.05, 0) is 42.8 Å². The van der Waals surface area contributed by atoms with Crippen LogP contribution in [0.15, 0.2) is 35.7 Å². The van der Waals surface area contributed by atoms with E-state index in [0.717, 1.165) is 29.9 Å². The molecule has 1 aromatic heterocycles. The molecule has 1 aromatic carbocycles. The van der Waals surface area contributed by atoms with Crippen molar-refractivity contribution in [3.8, 4) is 11.5 Å². The molecule has 0 bridgehead atoms. The molecule has 4 heteroatoms. The van der Waals surface area contributed by atoms with Crippen molar-refractivity contribution in [1.29, 1.82) is 0 Å². The van der Waals surface area contributed by atoms with Gasteiger partial charge in [0.1, 0.15) is 6.61 Å². The maximum Gasteiger partial charge on any atom is 0.164 e. The highest BCUT2D eigenvalue weighted by molar-refractivity contribution is 7.09. The van der Waals surface area contributed by atoms with Crippen molar-refractivity contribution >= 4 is 11.3 Å². The van der Waals surface area contributed by atoms with Gasteiger partial charge in [0.2, 0.25) is 0 Å². The van der Waals surface area contributed by atoms with E-state index in [4.69, 9.17) is 15.2 Å². The molecule has 0 saturated heterocycles. The van der Waals surface area contributed by atoms with Crippen LogP contribution in [0.2, 0.25) is 0 Å². The first-order chi connectivity index (χ1) is 10.2. The summed E-state index contributed by atoms with van der Waals surface area (Å²) in [4.78, 5) is 1.20. The van der Waals surface area contributed by atoms with Gasteiger partial charge < -0.3 is 15.2 Å². The van der Waals surface area contributed by atoms with Crippen LogP contribution in [0.5, 0.6) is 11.5 Å². The van der Waals surface area contributed by atoms with Gasteiger partial charge in [-0.3, -0.25) is 0 Å². The van der Waals surface area contributed by atoms with E-state index in [-0.39, 0.29) is 6.04 Å². The van der Waals surface area contributed by atoms with Crippen LogP contribution < -0.4 is 15.2 Å². The van der Waals surface area contributed by atoms with Crippen LogP contribution in [-0.4, -0.2) is 12.6 Å². The molecule has 2 aromatic rings. The minimum Gasteiger partial charge on any atom is -0.490 e. The molecule has 1 heterocycles. The predicted octanol–water partition coefficient (Wildman–Crippen LogP) is 4.01. The first kappa shape index (κ1) is 15.9. The Hall–Kier alpha value is -1.52. The molecule has 0 fully saturated rings. The van der Waals surface area contributed by atoms with E-state index in [0.29, 0.717) is 13.2 Å². The monoisotopic (exact) mass is 305 g/mol. The van der Waals surface area contributed by atoms with E-state index >= 15 is 0 Å². The number of nitrogens with two attached hydrogens (primary N) is 1. The van der Waals surface area contributed by atoms with Gasteiger partial charge in [0.05, 0.1) is 6.61 Å². The Labute approximate surface area is 130 Å². The molecular weight excluding hydrogens is 282 g/mol. The van der Waals surface area contributed by atoms with Crippen LogP contribution in [0, 0.1) is 0 Å². The summed E-state index contributed by atoms with van der Waals surface area (Å²) in [5.74, 6) is 1.63. The van der Waals surface area contributed by atoms with Crippen LogP contribution >= 0.6 is 11.3 Å². The first-order valence-electron chi connectivity index (χ1n) is 7.40. The Morgan fingerprint density at radius 1 is 1.14 bits per heavy atom. The van der Waals surface area contributed by atoms with Crippen LogP contribution in [-0.2, 0) is 13.0 Å². The molecule has 0 aliphatic rings. The Bertz CT molecular complexity index is 540. The number of hydrogen-bond acceptors (Lipinski definition) is 4. The van der Waals surface area contributed by atoms with Gasteiger partial charge in [0.25, 0.3) is 0 Å². The molecule has 2 N–H and O–H groups in total. The average Bonchev–Trinajstić information content (AvgIpc) is 3.00. The van der Waals surface area contributed by atoms with Gasteiger partial charge in [-0.25, -0.2) is 0 Å². The van der Waals surface area contributed by atoms with Gasteiger partial charge in [-0.15, -0.1) is 11.3 Å². The van der Waals surface area contributed by atoms with E-state index < -0.39 is 0 Å². The van der Waals surface area contributed by atoms with E-state index in [1.54, 1.807) is 11.3 Å². The largest absolute Gasteiger partial charge is 0.490 e. The first-order valence-corrected chi connectivity index (χ1v) is 8.28. The van der Waals surface area contributed by atoms with Crippen LogP contribution in [0.3, 0.4) is 0 Å². The standard InChI is InChI=1S/C17H23NO2S/c1-3-14(18)11-13-7-5-9-16(19-4-2)17(13)20-12-15-8-6-10-21-15/h5-10,14H,3-4,11-12,18H2,1-2H3. The SMILES string of the molecule is CCOc1cccc(CC(N)CC)c1OCc1cccs1. The van der Waals surface area contributed by atoms with Gasteiger partial charge in [-0.2, -0.15) is 0 Å². The predicted molar refractivity (Wildman–Crippen MR) is 88.2 cm³/mol. The van der Waals surface area contributed by atoms with Crippen molar-refractivity contribution in [1.82, 2.24) is 0 Å². The molecule has 1 unspecified atom stereocenters. The third-order valence-electron chi connectivity index (χ3n) is 3.31. The molecule has 0 aliphatic heterocycles. The normalized spacial score (nSPS) is 12.1. The molecule has 0 radical (unpaired) electrons. The minimum absolute atomic E-state index is 0.144. The summed E-state index contributed by atoms with van der Waals surface area (Å²) in [5.41, 5.74) is 7.21. The van der Waals surface area contributed by atoms with Crippen molar-refractivity contribution in [3.05, 3.63) is 46.2 Å². The quantitative estimate of drug-likeness (QED) is 0.801. The van der Waals surface area contributed by atoms with Crippen molar-refractivity contribution < 1.29 is 9.47 Å². The summed E-state index contributed by atoms with van der Waals surface area (Å²) in [6.45, 7) is 5.27. The van der Waals surface area contributed by atoms with E-state index in [1.165, 1.54) is 4.88 Å². The molecule has 21 heavy (non-hydrogen) atoms. The van der Waals surface area contributed by atoms with Gasteiger partial charge >= 0.3 is 0 Å². The molecular formula is C17H23NO2S. The number of hydrogen-bond donors (Lipinski definition) is 1. The van der Waals surface area contributed by atoms with Gasteiger partial charge in [0, 0.05) is 10.9 Å². The number of ether oxygens (including phenoxy) is 2. The van der Waals surface area contributed by atoms with Crippen molar-refractivity contribution in [2.45, 2.75) is 39.3 Å². The summed E-state index contributed by atoms with van der Waals surface area (Å²) in [5, 5.41) is 2.06. The van der Waals surface area contributed by atoms with Crippen LogP contribution in [0.4, 0.5) is 0 Å². The van der Waals surface area contributed by atoms with Crippen LogP contribution in [0.1, 0.15) is 30.7 Å². The van der Waals surface area contributed by atoms with Crippen LogP contribution in [0.25, 0.3) is 0 Å². The molecule has 0 aliphatic carbocycles. The molecule has 0 saturated carbocycles. The minimum atomic E-state index is 0.144. The lowest BCUT2D eigenvalue weighted by Gasteiger charge is -2.17. The topological polar surface area (TPSA) is 44.5 Å². The highest BCUT2D eigenvalue weighted by Gasteiger charge is 2.13. The summed E-state index contributed by atoms with van der Waals surface area (Å²) < 4.78 is 11.7. The fourth-order valence-corrected chi connectivity index (χ4v) is 2.74. The van der Waals surface area contributed by atoms with Crippen molar-refractivity contribution in [2.24, 2.45) is 5.73 Å². The summed E-state index contributed by atoms with van der Waals surface area (Å²) in [6.07, 6.45) is 1.75. The number of benzene rings is 1. The molecule has 0 amide bonds. The zero-order valence-corrected chi connectivity index (χ0v) is 13.5. The van der Waals surface area contributed by atoms with E-state index in [1.807, 2.05) is 25.1 Å². The van der Waals surface area contributed by atoms with E-state index in [9.17, 15) is 0 Å². The average molecular weight is 305 g/mol. The Kier molecular flexibility index (Phi) is 6.08. The second kappa shape index (κ2) is 8.05. The summed E-state index contributed by atoms with van der Waals surface area (Å²) in [6, 6.07) is 10.3. The van der Waals surface area contributed by atoms with Crippen molar-refractivity contribution in [3.63, 3.8) is 0 Å². The van der Waals surface area contributed by atoms with Gasteiger partial charge in [0.15, 0.2) is 11.5 Å². The lowest BCUT2D eigenvalue weighted by Crippen LogP contribution is -2.21. The highest BCUT2D eigenvalue weighted by Crippen LogP contribution is 2.33. The summed E-state index contributed by atoms with van der Waals surface area (Å²) in [7, 11) is 0. The molecule has 114 valence electrons. The van der Waals surface area contributed by atoms with Crippen molar-refractivity contribution in [2.75, 3.05) is 6.61 Å².